The van der Waals surface area contributed by atoms with Crippen molar-refractivity contribution in [2.75, 3.05) is 18.8 Å². The Morgan fingerprint density at radius 3 is 2.36 bits per heavy atom. The van der Waals surface area contributed by atoms with Crippen molar-refractivity contribution in [2.24, 2.45) is 0 Å². The molecule has 4 rings (SSSR count). The van der Waals surface area contributed by atoms with E-state index >= 15 is 0 Å². The van der Waals surface area contributed by atoms with E-state index in [0.717, 1.165) is 5.56 Å². The molecule has 146 valence electrons. The predicted molar refractivity (Wildman–Crippen MR) is 103 cm³/mol. The van der Waals surface area contributed by atoms with Crippen molar-refractivity contribution in [3.8, 4) is 0 Å². The van der Waals surface area contributed by atoms with Crippen LogP contribution in [-0.4, -0.2) is 59.3 Å². The summed E-state index contributed by atoms with van der Waals surface area (Å²) in [6, 6.07) is 12.5. The number of aromatic nitrogens is 1. The van der Waals surface area contributed by atoms with Gasteiger partial charge in [-0.1, -0.05) is 30.3 Å². The number of carbonyl (C=O) groups excluding carboxylic acids is 2. The van der Waals surface area contributed by atoms with Crippen molar-refractivity contribution in [2.45, 2.75) is 25.3 Å². The topological polar surface area (TPSA) is 87.7 Å². The van der Waals surface area contributed by atoms with E-state index in [4.69, 9.17) is 0 Å². The number of pyridine rings is 1. The Balaban J connectivity index is 1.38. The van der Waals surface area contributed by atoms with Crippen LogP contribution in [0.15, 0.2) is 48.7 Å². The van der Waals surface area contributed by atoms with Crippen molar-refractivity contribution >= 4 is 21.8 Å². The average molecular weight is 399 g/mol. The summed E-state index contributed by atoms with van der Waals surface area (Å²) in [4.78, 5) is 30.4. The minimum atomic E-state index is -3.38. The molecule has 0 unspecified atom stereocenters. The highest BCUT2D eigenvalue weighted by Crippen LogP contribution is 2.28. The van der Waals surface area contributed by atoms with Gasteiger partial charge in [-0.2, -0.15) is 0 Å². The zero-order valence-corrected chi connectivity index (χ0v) is 16.1. The van der Waals surface area contributed by atoms with E-state index in [9.17, 15) is 18.0 Å². The smallest absolute Gasteiger partial charge is 0.270 e. The van der Waals surface area contributed by atoms with E-state index in [2.05, 4.69) is 4.98 Å². The fraction of sp³-hybridized carbons (Fsp3) is 0.350. The van der Waals surface area contributed by atoms with Gasteiger partial charge >= 0.3 is 0 Å². The predicted octanol–water partition coefficient (Wildman–Crippen LogP) is 1.71. The van der Waals surface area contributed by atoms with Gasteiger partial charge in [-0.05, 0) is 37.0 Å². The SMILES string of the molecule is O=C1c2cccnc2C(=O)N1C1CCN(S(=O)(=O)CCc2ccccc2)CC1. The molecule has 0 spiro atoms. The van der Waals surface area contributed by atoms with Crippen LogP contribution < -0.4 is 0 Å². The lowest BCUT2D eigenvalue weighted by Gasteiger charge is -2.35. The number of hydrogen-bond acceptors (Lipinski definition) is 5. The Labute approximate surface area is 164 Å². The van der Waals surface area contributed by atoms with Crippen LogP contribution in [0.5, 0.6) is 0 Å². The third-order valence-corrected chi connectivity index (χ3v) is 7.22. The van der Waals surface area contributed by atoms with Gasteiger partial charge in [-0.25, -0.2) is 12.7 Å². The van der Waals surface area contributed by atoms with Gasteiger partial charge < -0.3 is 0 Å². The lowest BCUT2D eigenvalue weighted by atomic mass is 10.1. The van der Waals surface area contributed by atoms with Crippen LogP contribution in [0.2, 0.25) is 0 Å². The molecular formula is C20H21N3O4S. The molecule has 0 aliphatic carbocycles. The molecule has 1 aromatic carbocycles. The van der Waals surface area contributed by atoms with Crippen molar-refractivity contribution < 1.29 is 18.0 Å². The van der Waals surface area contributed by atoms with Gasteiger partial charge in [0.25, 0.3) is 11.8 Å². The number of imide groups is 1. The molecule has 1 aromatic heterocycles. The molecule has 28 heavy (non-hydrogen) atoms. The van der Waals surface area contributed by atoms with Crippen LogP contribution in [0.3, 0.4) is 0 Å². The molecule has 2 aliphatic rings. The zero-order valence-electron chi connectivity index (χ0n) is 15.3. The van der Waals surface area contributed by atoms with E-state index in [-0.39, 0.29) is 29.3 Å². The molecule has 2 aromatic rings. The maximum atomic E-state index is 12.7. The first-order valence-corrected chi connectivity index (χ1v) is 10.9. The molecule has 0 bridgehead atoms. The standard InChI is InChI=1S/C20H21N3O4S/c24-19-17-7-4-11-21-18(17)20(25)23(19)16-8-12-22(13-9-16)28(26,27)14-10-15-5-2-1-3-6-15/h1-7,11,16H,8-10,12-14H2. The van der Waals surface area contributed by atoms with Gasteiger partial charge in [0, 0.05) is 25.3 Å². The monoisotopic (exact) mass is 399 g/mol. The number of carbonyl (C=O) groups is 2. The number of sulfonamides is 1. The molecule has 7 nitrogen and oxygen atoms in total. The number of rotatable bonds is 5. The number of aryl methyl sites for hydroxylation is 1. The first-order chi connectivity index (χ1) is 13.5. The third kappa shape index (κ3) is 3.45. The summed E-state index contributed by atoms with van der Waals surface area (Å²) in [6.45, 7) is 0.616. The number of benzene rings is 1. The van der Waals surface area contributed by atoms with Crippen molar-refractivity contribution in [3.05, 3.63) is 65.5 Å². The number of piperidine rings is 1. The van der Waals surface area contributed by atoms with Gasteiger partial charge in [0.15, 0.2) is 0 Å². The zero-order chi connectivity index (χ0) is 19.7. The quantitative estimate of drug-likeness (QED) is 0.715. The molecule has 8 heteroatoms. The molecular weight excluding hydrogens is 378 g/mol. The summed E-state index contributed by atoms with van der Waals surface area (Å²) < 4.78 is 26.8. The fourth-order valence-electron chi connectivity index (χ4n) is 3.82. The number of fused-ring (bicyclic) bond motifs is 1. The number of amides is 2. The second kappa shape index (κ2) is 7.44. The molecule has 0 radical (unpaired) electrons. The van der Waals surface area contributed by atoms with Crippen molar-refractivity contribution in [1.82, 2.24) is 14.2 Å². The molecule has 0 N–H and O–H groups in total. The second-order valence-electron chi connectivity index (χ2n) is 7.06. The second-order valence-corrected chi connectivity index (χ2v) is 9.15. The van der Waals surface area contributed by atoms with Crippen LogP contribution in [0.4, 0.5) is 0 Å². The van der Waals surface area contributed by atoms with Crippen LogP contribution in [0.25, 0.3) is 0 Å². The van der Waals surface area contributed by atoms with Crippen LogP contribution in [-0.2, 0) is 16.4 Å². The molecule has 1 saturated heterocycles. The first kappa shape index (κ1) is 18.8. The Kier molecular flexibility index (Phi) is 4.99. The van der Waals surface area contributed by atoms with Gasteiger partial charge in [-0.3, -0.25) is 19.5 Å². The average Bonchev–Trinajstić information content (AvgIpc) is 2.98. The van der Waals surface area contributed by atoms with Gasteiger partial charge in [0.2, 0.25) is 10.0 Å². The summed E-state index contributed by atoms with van der Waals surface area (Å²) in [5.41, 5.74) is 1.50. The highest BCUT2D eigenvalue weighted by molar-refractivity contribution is 7.89. The molecule has 0 saturated carbocycles. The number of nitrogens with zero attached hydrogens (tertiary/aromatic N) is 3. The number of hydrogen-bond donors (Lipinski definition) is 0. The molecule has 0 atom stereocenters. The van der Waals surface area contributed by atoms with E-state index in [1.165, 1.54) is 15.4 Å². The summed E-state index contributed by atoms with van der Waals surface area (Å²) in [7, 11) is -3.38. The minimum Gasteiger partial charge on any atom is -0.270 e. The van der Waals surface area contributed by atoms with Crippen LogP contribution in [0, 0.1) is 0 Å². The lowest BCUT2D eigenvalue weighted by molar-refractivity contribution is 0.0534. The highest BCUT2D eigenvalue weighted by atomic mass is 32.2. The Hall–Kier alpha value is -2.58. The summed E-state index contributed by atoms with van der Waals surface area (Å²) >= 11 is 0. The van der Waals surface area contributed by atoms with Crippen molar-refractivity contribution in [1.29, 1.82) is 0 Å². The molecule has 2 aliphatic heterocycles. The Bertz CT molecular complexity index is 964. The van der Waals surface area contributed by atoms with Gasteiger partial charge in [0.1, 0.15) is 5.69 Å². The minimum absolute atomic E-state index is 0.0542. The maximum Gasteiger partial charge on any atom is 0.280 e. The molecule has 3 heterocycles. The van der Waals surface area contributed by atoms with E-state index in [1.807, 2.05) is 30.3 Å². The van der Waals surface area contributed by atoms with Crippen LogP contribution in [0.1, 0.15) is 39.3 Å². The molecule has 1 fully saturated rings. The maximum absolute atomic E-state index is 12.7. The lowest BCUT2D eigenvalue weighted by Crippen LogP contribution is -2.49. The Morgan fingerprint density at radius 2 is 1.68 bits per heavy atom. The van der Waals surface area contributed by atoms with Gasteiger partial charge in [-0.15, -0.1) is 0 Å². The fourth-order valence-corrected chi connectivity index (χ4v) is 5.33. The normalized spacial score (nSPS) is 18.5. The molecule has 2 amide bonds. The Morgan fingerprint density at radius 1 is 0.964 bits per heavy atom. The van der Waals surface area contributed by atoms with E-state index in [0.29, 0.717) is 37.9 Å². The highest BCUT2D eigenvalue weighted by Gasteiger charge is 2.42. The first-order valence-electron chi connectivity index (χ1n) is 9.32. The largest absolute Gasteiger partial charge is 0.280 e. The van der Waals surface area contributed by atoms with E-state index in [1.54, 1.807) is 12.1 Å². The van der Waals surface area contributed by atoms with Crippen molar-refractivity contribution in [3.63, 3.8) is 0 Å². The summed E-state index contributed by atoms with van der Waals surface area (Å²) in [5, 5.41) is 0. The summed E-state index contributed by atoms with van der Waals surface area (Å²) in [5.74, 6) is -0.664. The van der Waals surface area contributed by atoms with E-state index < -0.39 is 10.0 Å². The van der Waals surface area contributed by atoms with Crippen LogP contribution >= 0.6 is 0 Å². The summed E-state index contributed by atoms with van der Waals surface area (Å²) in [6.07, 6.45) is 2.84. The van der Waals surface area contributed by atoms with Gasteiger partial charge in [0.05, 0.1) is 11.3 Å². The third-order valence-electron chi connectivity index (χ3n) is 5.35.